The van der Waals surface area contributed by atoms with Crippen molar-refractivity contribution >= 4 is 17.8 Å². The quantitative estimate of drug-likeness (QED) is 0.734. The van der Waals surface area contributed by atoms with Crippen LogP contribution in [0.25, 0.3) is 0 Å². The van der Waals surface area contributed by atoms with Gasteiger partial charge in [0, 0.05) is 45.2 Å². The third-order valence-corrected chi connectivity index (χ3v) is 3.91. The smallest absolute Gasteiger partial charge is 0.326 e. The van der Waals surface area contributed by atoms with Gasteiger partial charge in [0.1, 0.15) is 6.54 Å². The van der Waals surface area contributed by atoms with E-state index in [0.717, 1.165) is 0 Å². The molecule has 118 valence electrons. The largest absolute Gasteiger partial charge is 0.340 e. The van der Waals surface area contributed by atoms with Crippen LogP contribution in [0.1, 0.15) is 26.7 Å². The second kappa shape index (κ2) is 6.43. The highest BCUT2D eigenvalue weighted by Gasteiger charge is 2.33. The Balaban J connectivity index is 1.77. The van der Waals surface area contributed by atoms with Crippen LogP contribution in [-0.2, 0) is 9.59 Å². The maximum absolute atomic E-state index is 12.2. The SMILES string of the molecule is C[C@@H]1CN(C(=O)CCCN2C(=O)CN(C)C2=O)C[C@H](C)N1. The van der Waals surface area contributed by atoms with Crippen molar-refractivity contribution < 1.29 is 14.4 Å². The number of imide groups is 1. The molecule has 0 radical (unpaired) electrons. The maximum atomic E-state index is 12.2. The van der Waals surface area contributed by atoms with Crippen molar-refractivity contribution in [2.24, 2.45) is 0 Å². The second-order valence-electron chi connectivity index (χ2n) is 6.06. The van der Waals surface area contributed by atoms with Gasteiger partial charge in [-0.1, -0.05) is 0 Å². The van der Waals surface area contributed by atoms with Crippen LogP contribution in [0.15, 0.2) is 0 Å². The molecule has 2 rings (SSSR count). The molecular formula is C14H24N4O3. The normalized spacial score (nSPS) is 26.7. The molecule has 0 aromatic heterocycles. The minimum atomic E-state index is -0.267. The fourth-order valence-electron chi connectivity index (χ4n) is 2.97. The number of piperazine rings is 1. The number of hydrogen-bond donors (Lipinski definition) is 1. The summed E-state index contributed by atoms with van der Waals surface area (Å²) in [6.45, 7) is 6.02. The highest BCUT2D eigenvalue weighted by Crippen LogP contribution is 2.11. The van der Waals surface area contributed by atoms with Gasteiger partial charge in [0.25, 0.3) is 0 Å². The predicted octanol–water partition coefficient (Wildman–Crippen LogP) is -0.131. The third kappa shape index (κ3) is 3.72. The van der Waals surface area contributed by atoms with Gasteiger partial charge in [-0.3, -0.25) is 14.5 Å². The summed E-state index contributed by atoms with van der Waals surface area (Å²) in [5.41, 5.74) is 0. The predicted molar refractivity (Wildman–Crippen MR) is 77.6 cm³/mol. The van der Waals surface area contributed by atoms with Crippen molar-refractivity contribution in [3.8, 4) is 0 Å². The minimum Gasteiger partial charge on any atom is -0.340 e. The van der Waals surface area contributed by atoms with Crippen molar-refractivity contribution in [3.05, 3.63) is 0 Å². The van der Waals surface area contributed by atoms with Crippen LogP contribution in [0.2, 0.25) is 0 Å². The number of nitrogens with zero attached hydrogens (tertiary/aromatic N) is 3. The first-order valence-corrected chi connectivity index (χ1v) is 7.47. The first kappa shape index (κ1) is 15.8. The van der Waals surface area contributed by atoms with E-state index < -0.39 is 0 Å². The number of urea groups is 1. The molecule has 0 unspecified atom stereocenters. The zero-order chi connectivity index (χ0) is 15.6. The minimum absolute atomic E-state index is 0.0997. The molecule has 0 spiro atoms. The van der Waals surface area contributed by atoms with Crippen molar-refractivity contribution in [1.29, 1.82) is 0 Å². The lowest BCUT2D eigenvalue weighted by Gasteiger charge is -2.36. The van der Waals surface area contributed by atoms with Gasteiger partial charge in [-0.25, -0.2) is 4.79 Å². The monoisotopic (exact) mass is 296 g/mol. The fourth-order valence-corrected chi connectivity index (χ4v) is 2.97. The molecule has 0 aliphatic carbocycles. The van der Waals surface area contributed by atoms with E-state index in [4.69, 9.17) is 0 Å². The number of likely N-dealkylation sites (N-methyl/N-ethyl adjacent to an activating group) is 1. The zero-order valence-electron chi connectivity index (χ0n) is 13.0. The van der Waals surface area contributed by atoms with Crippen LogP contribution in [0.5, 0.6) is 0 Å². The maximum Gasteiger partial charge on any atom is 0.326 e. The van der Waals surface area contributed by atoms with E-state index in [1.165, 1.54) is 9.80 Å². The van der Waals surface area contributed by atoms with Gasteiger partial charge in [-0.15, -0.1) is 0 Å². The molecule has 2 aliphatic heterocycles. The molecule has 0 bridgehead atoms. The Hall–Kier alpha value is -1.63. The van der Waals surface area contributed by atoms with Crippen LogP contribution < -0.4 is 5.32 Å². The third-order valence-electron chi connectivity index (χ3n) is 3.91. The van der Waals surface area contributed by atoms with E-state index in [9.17, 15) is 14.4 Å². The lowest BCUT2D eigenvalue weighted by Crippen LogP contribution is -2.55. The van der Waals surface area contributed by atoms with E-state index in [0.29, 0.717) is 44.6 Å². The molecule has 21 heavy (non-hydrogen) atoms. The Kier molecular flexibility index (Phi) is 4.82. The Labute approximate surface area is 125 Å². The van der Waals surface area contributed by atoms with Gasteiger partial charge in [0.05, 0.1) is 0 Å². The summed E-state index contributed by atoms with van der Waals surface area (Å²) in [4.78, 5) is 40.0. The van der Waals surface area contributed by atoms with Gasteiger partial charge in [0.15, 0.2) is 0 Å². The molecule has 7 heteroatoms. The fraction of sp³-hybridized carbons (Fsp3) is 0.786. The van der Waals surface area contributed by atoms with Crippen molar-refractivity contribution in [2.45, 2.75) is 38.8 Å². The van der Waals surface area contributed by atoms with Crippen LogP contribution in [0, 0.1) is 0 Å². The molecular weight excluding hydrogens is 272 g/mol. The Morgan fingerprint density at radius 1 is 1.24 bits per heavy atom. The summed E-state index contributed by atoms with van der Waals surface area (Å²) >= 11 is 0. The highest BCUT2D eigenvalue weighted by molar-refractivity contribution is 6.01. The van der Waals surface area contributed by atoms with Crippen LogP contribution >= 0.6 is 0 Å². The Bertz CT molecular complexity index is 430. The lowest BCUT2D eigenvalue weighted by molar-refractivity contribution is -0.133. The number of amides is 4. The lowest BCUT2D eigenvalue weighted by atomic mass is 10.1. The summed E-state index contributed by atoms with van der Waals surface area (Å²) in [6, 6.07) is 0.332. The Morgan fingerprint density at radius 2 is 1.86 bits per heavy atom. The van der Waals surface area contributed by atoms with Crippen molar-refractivity contribution in [3.63, 3.8) is 0 Å². The van der Waals surface area contributed by atoms with E-state index in [-0.39, 0.29) is 24.4 Å². The average Bonchev–Trinajstić information content (AvgIpc) is 2.63. The van der Waals surface area contributed by atoms with Gasteiger partial charge in [0.2, 0.25) is 11.8 Å². The van der Waals surface area contributed by atoms with Gasteiger partial charge in [-0.05, 0) is 20.3 Å². The molecule has 2 aliphatic rings. The summed E-state index contributed by atoms with van der Waals surface area (Å²) < 4.78 is 0. The highest BCUT2D eigenvalue weighted by atomic mass is 16.2. The number of rotatable bonds is 4. The first-order chi connectivity index (χ1) is 9.88. The van der Waals surface area contributed by atoms with E-state index in [1.807, 2.05) is 4.90 Å². The summed E-state index contributed by atoms with van der Waals surface area (Å²) in [5.74, 6) is -0.0815. The molecule has 1 N–H and O–H groups in total. The average molecular weight is 296 g/mol. The van der Waals surface area contributed by atoms with Crippen LogP contribution in [0.4, 0.5) is 4.79 Å². The molecule has 2 atom stereocenters. The van der Waals surface area contributed by atoms with E-state index in [1.54, 1.807) is 7.05 Å². The number of carbonyl (C=O) groups is 3. The molecule has 2 heterocycles. The van der Waals surface area contributed by atoms with Gasteiger partial charge < -0.3 is 15.1 Å². The Morgan fingerprint density at radius 3 is 2.38 bits per heavy atom. The molecule has 0 aromatic rings. The van der Waals surface area contributed by atoms with E-state index in [2.05, 4.69) is 19.2 Å². The second-order valence-corrected chi connectivity index (χ2v) is 6.06. The zero-order valence-corrected chi connectivity index (χ0v) is 13.0. The summed E-state index contributed by atoms with van der Waals surface area (Å²) in [6.07, 6.45) is 0.900. The van der Waals surface area contributed by atoms with E-state index >= 15 is 0 Å². The first-order valence-electron chi connectivity index (χ1n) is 7.47. The summed E-state index contributed by atoms with van der Waals surface area (Å²) in [5, 5.41) is 3.38. The van der Waals surface area contributed by atoms with Crippen LogP contribution in [0.3, 0.4) is 0 Å². The van der Waals surface area contributed by atoms with Crippen LogP contribution in [-0.4, -0.2) is 77.9 Å². The van der Waals surface area contributed by atoms with Gasteiger partial charge >= 0.3 is 6.03 Å². The number of nitrogens with one attached hydrogen (secondary N) is 1. The van der Waals surface area contributed by atoms with Crippen molar-refractivity contribution in [2.75, 3.05) is 33.2 Å². The molecule has 2 saturated heterocycles. The molecule has 7 nitrogen and oxygen atoms in total. The molecule has 2 fully saturated rings. The number of hydrogen-bond acceptors (Lipinski definition) is 4. The molecule has 4 amide bonds. The standard InChI is InChI=1S/C14H24N4O3/c1-10-7-17(8-11(2)15-10)12(19)5-4-6-18-13(20)9-16(3)14(18)21/h10-11,15H,4-9H2,1-3H3/t10-,11+. The van der Waals surface area contributed by atoms with Crippen molar-refractivity contribution in [1.82, 2.24) is 20.0 Å². The molecule has 0 saturated carbocycles. The topological polar surface area (TPSA) is 73.0 Å². The van der Waals surface area contributed by atoms with Gasteiger partial charge in [-0.2, -0.15) is 0 Å². The summed E-state index contributed by atoms with van der Waals surface area (Å²) in [7, 11) is 1.61. The number of carbonyl (C=O) groups excluding carboxylic acids is 3. The molecule has 0 aromatic carbocycles.